The summed E-state index contributed by atoms with van der Waals surface area (Å²) in [6.07, 6.45) is 9.36. The van der Waals surface area contributed by atoms with Crippen molar-refractivity contribution in [2.75, 3.05) is 72.2 Å². The van der Waals surface area contributed by atoms with Crippen molar-refractivity contribution >= 4 is 29.9 Å². The molecule has 1 saturated carbocycles. The highest BCUT2D eigenvalue weighted by atomic mass is 127. The first-order valence-electron chi connectivity index (χ1n) is 12.3. The fourth-order valence-corrected chi connectivity index (χ4v) is 5.56. The quantitative estimate of drug-likeness (QED) is 0.312. The van der Waals surface area contributed by atoms with E-state index >= 15 is 0 Å². The number of nitrogens with zero attached hydrogens (tertiary/aromatic N) is 3. The molecule has 0 amide bonds. The van der Waals surface area contributed by atoms with Gasteiger partial charge >= 0.3 is 0 Å². The normalized spacial score (nSPS) is 30.1. The second kappa shape index (κ2) is 12.9. The molecular formula is C23H43IN4O3. The average molecular weight is 551 g/mol. The summed E-state index contributed by atoms with van der Waals surface area (Å²) in [5, 5.41) is 3.57. The van der Waals surface area contributed by atoms with Gasteiger partial charge in [0.2, 0.25) is 0 Å². The molecule has 4 fully saturated rings. The number of nitrogens with one attached hydrogen (secondary N) is 1. The van der Waals surface area contributed by atoms with Crippen LogP contribution in [0.2, 0.25) is 0 Å². The number of aliphatic imine (C=N–C) groups is 1. The van der Waals surface area contributed by atoms with Gasteiger partial charge in [0, 0.05) is 57.8 Å². The number of hydrogen-bond donors (Lipinski definition) is 1. The number of halogens is 1. The maximum Gasteiger partial charge on any atom is 0.194 e. The van der Waals surface area contributed by atoms with E-state index in [-0.39, 0.29) is 36.2 Å². The molecule has 0 radical (unpaired) electrons. The van der Waals surface area contributed by atoms with E-state index < -0.39 is 0 Å². The number of ether oxygens (including phenoxy) is 3. The SMILES string of the molecule is CCNC(=NCC1(CN2CCOCC2)CCCCC1)N1CCOC(C2CCCO2)C1.I. The van der Waals surface area contributed by atoms with Crippen molar-refractivity contribution in [1.29, 1.82) is 0 Å². The van der Waals surface area contributed by atoms with Crippen molar-refractivity contribution in [3.05, 3.63) is 0 Å². The summed E-state index contributed by atoms with van der Waals surface area (Å²) in [5.41, 5.74) is 0.316. The lowest BCUT2D eigenvalue weighted by Crippen LogP contribution is -2.53. The molecule has 3 saturated heterocycles. The molecule has 2 unspecified atom stereocenters. The lowest BCUT2D eigenvalue weighted by atomic mass is 9.73. The van der Waals surface area contributed by atoms with Crippen molar-refractivity contribution in [2.45, 2.75) is 64.1 Å². The van der Waals surface area contributed by atoms with E-state index in [0.29, 0.717) is 5.41 Å². The van der Waals surface area contributed by atoms with Crippen molar-refractivity contribution < 1.29 is 14.2 Å². The van der Waals surface area contributed by atoms with Gasteiger partial charge in [-0.1, -0.05) is 19.3 Å². The lowest BCUT2D eigenvalue weighted by molar-refractivity contribution is -0.0817. The van der Waals surface area contributed by atoms with E-state index in [2.05, 4.69) is 22.0 Å². The summed E-state index contributed by atoms with van der Waals surface area (Å²) >= 11 is 0. The van der Waals surface area contributed by atoms with Crippen LogP contribution in [0.3, 0.4) is 0 Å². The minimum Gasteiger partial charge on any atom is -0.379 e. The average Bonchev–Trinajstić information content (AvgIpc) is 3.33. The van der Waals surface area contributed by atoms with Gasteiger partial charge in [0.05, 0.1) is 25.9 Å². The summed E-state index contributed by atoms with van der Waals surface area (Å²) in [7, 11) is 0. The Labute approximate surface area is 205 Å². The van der Waals surface area contributed by atoms with Crippen LogP contribution in [0.5, 0.6) is 0 Å². The van der Waals surface area contributed by atoms with Gasteiger partial charge in [-0.3, -0.25) is 9.89 Å². The Balaban J connectivity index is 0.00000272. The van der Waals surface area contributed by atoms with Crippen LogP contribution in [0, 0.1) is 5.41 Å². The van der Waals surface area contributed by atoms with E-state index in [9.17, 15) is 0 Å². The third-order valence-electron chi connectivity index (χ3n) is 7.25. The molecule has 0 bridgehead atoms. The van der Waals surface area contributed by atoms with Crippen LogP contribution >= 0.6 is 24.0 Å². The van der Waals surface area contributed by atoms with Gasteiger partial charge in [-0.05, 0) is 32.6 Å². The molecule has 31 heavy (non-hydrogen) atoms. The second-order valence-corrected chi connectivity index (χ2v) is 9.53. The van der Waals surface area contributed by atoms with Crippen LogP contribution in [0.4, 0.5) is 0 Å². The van der Waals surface area contributed by atoms with Crippen LogP contribution in [0.15, 0.2) is 4.99 Å². The molecule has 1 N–H and O–H groups in total. The Morgan fingerprint density at radius 3 is 2.45 bits per heavy atom. The Kier molecular flexibility index (Phi) is 10.6. The Morgan fingerprint density at radius 1 is 0.968 bits per heavy atom. The lowest BCUT2D eigenvalue weighted by Gasteiger charge is -2.42. The molecule has 1 aliphatic carbocycles. The summed E-state index contributed by atoms with van der Waals surface area (Å²) in [6, 6.07) is 0. The molecular weight excluding hydrogens is 507 g/mol. The number of hydrogen-bond acceptors (Lipinski definition) is 5. The molecule has 8 heteroatoms. The van der Waals surface area contributed by atoms with Gasteiger partial charge < -0.3 is 24.4 Å². The molecule has 3 heterocycles. The molecule has 0 aromatic heterocycles. The van der Waals surface area contributed by atoms with Gasteiger partial charge in [-0.2, -0.15) is 0 Å². The van der Waals surface area contributed by atoms with Gasteiger partial charge in [0.1, 0.15) is 6.10 Å². The zero-order valence-electron chi connectivity index (χ0n) is 19.4. The van der Waals surface area contributed by atoms with Crippen molar-refractivity contribution in [1.82, 2.24) is 15.1 Å². The summed E-state index contributed by atoms with van der Waals surface area (Å²) in [6.45, 7) is 12.5. The summed E-state index contributed by atoms with van der Waals surface area (Å²) < 4.78 is 17.6. The zero-order chi connectivity index (χ0) is 20.7. The van der Waals surface area contributed by atoms with Gasteiger partial charge in [0.25, 0.3) is 0 Å². The summed E-state index contributed by atoms with van der Waals surface area (Å²) in [4.78, 5) is 10.3. The van der Waals surface area contributed by atoms with Crippen LogP contribution in [-0.2, 0) is 14.2 Å². The van der Waals surface area contributed by atoms with Crippen molar-refractivity contribution in [3.63, 3.8) is 0 Å². The monoisotopic (exact) mass is 550 g/mol. The van der Waals surface area contributed by atoms with Crippen LogP contribution in [0.1, 0.15) is 51.9 Å². The Hall–Kier alpha value is -0.160. The molecule has 2 atom stereocenters. The fraction of sp³-hybridized carbons (Fsp3) is 0.957. The molecule has 0 aromatic rings. The molecule has 0 aromatic carbocycles. The highest BCUT2D eigenvalue weighted by Crippen LogP contribution is 2.37. The van der Waals surface area contributed by atoms with E-state index in [4.69, 9.17) is 19.2 Å². The van der Waals surface area contributed by atoms with Crippen LogP contribution in [-0.4, -0.2) is 100 Å². The van der Waals surface area contributed by atoms with E-state index in [1.165, 1.54) is 38.6 Å². The first-order valence-corrected chi connectivity index (χ1v) is 12.3. The smallest absolute Gasteiger partial charge is 0.194 e. The van der Waals surface area contributed by atoms with Crippen molar-refractivity contribution in [2.24, 2.45) is 10.4 Å². The molecule has 4 aliphatic rings. The molecule has 3 aliphatic heterocycles. The Morgan fingerprint density at radius 2 is 1.74 bits per heavy atom. The number of guanidine groups is 1. The van der Waals surface area contributed by atoms with Crippen LogP contribution < -0.4 is 5.32 Å². The number of morpholine rings is 2. The molecule has 4 rings (SSSR count). The summed E-state index contributed by atoms with van der Waals surface area (Å²) in [5.74, 6) is 1.07. The third kappa shape index (κ3) is 7.16. The molecule has 7 nitrogen and oxygen atoms in total. The minimum atomic E-state index is 0. The topological polar surface area (TPSA) is 58.6 Å². The second-order valence-electron chi connectivity index (χ2n) is 9.53. The predicted molar refractivity (Wildman–Crippen MR) is 134 cm³/mol. The van der Waals surface area contributed by atoms with E-state index in [0.717, 1.165) is 84.5 Å². The highest BCUT2D eigenvalue weighted by Gasteiger charge is 2.36. The fourth-order valence-electron chi connectivity index (χ4n) is 5.56. The largest absolute Gasteiger partial charge is 0.379 e. The Bertz CT molecular complexity index is 547. The van der Waals surface area contributed by atoms with Gasteiger partial charge in [-0.15, -0.1) is 24.0 Å². The molecule has 180 valence electrons. The third-order valence-corrected chi connectivity index (χ3v) is 7.25. The van der Waals surface area contributed by atoms with E-state index in [1.54, 1.807) is 0 Å². The zero-order valence-corrected chi connectivity index (χ0v) is 21.7. The molecule has 0 spiro atoms. The van der Waals surface area contributed by atoms with Gasteiger partial charge in [-0.25, -0.2) is 0 Å². The number of rotatable bonds is 6. The minimum absolute atomic E-state index is 0. The first-order chi connectivity index (χ1) is 14.8. The maximum absolute atomic E-state index is 6.07. The highest BCUT2D eigenvalue weighted by molar-refractivity contribution is 14.0. The predicted octanol–water partition coefficient (Wildman–Crippen LogP) is 2.73. The van der Waals surface area contributed by atoms with E-state index in [1.807, 2.05) is 0 Å². The van der Waals surface area contributed by atoms with Crippen molar-refractivity contribution in [3.8, 4) is 0 Å². The van der Waals surface area contributed by atoms with Gasteiger partial charge in [0.15, 0.2) is 5.96 Å². The van der Waals surface area contributed by atoms with Crippen LogP contribution in [0.25, 0.3) is 0 Å². The standard InChI is InChI=1S/C23H42N4O3.HI/c1-2-24-22(27-12-16-30-21(17-27)20-7-6-13-29-20)25-18-23(8-4-3-5-9-23)19-26-10-14-28-15-11-26;/h20-21H,2-19H2,1H3,(H,24,25);1H. The maximum atomic E-state index is 6.07. The first kappa shape index (κ1) is 25.5.